The first-order chi connectivity index (χ1) is 9.61. The second-order valence-electron chi connectivity index (χ2n) is 5.63. The normalized spacial score (nSPS) is 30.3. The molecule has 2 fully saturated rings. The average Bonchev–Trinajstić information content (AvgIpc) is 2.86. The molecule has 0 aromatic carbocycles. The van der Waals surface area contributed by atoms with Crippen LogP contribution in [-0.4, -0.2) is 61.6 Å². The molecule has 0 spiro atoms. The molecule has 114 valence electrons. The monoisotopic (exact) mass is 283 g/mol. The fraction of sp³-hybridized carbons (Fsp3) is 0.857. The summed E-state index contributed by atoms with van der Waals surface area (Å²) in [5.41, 5.74) is 0. The molecule has 3 unspecified atom stereocenters. The van der Waals surface area contributed by atoms with Crippen molar-refractivity contribution in [2.75, 3.05) is 32.8 Å². The minimum atomic E-state index is -0.0916. The Morgan fingerprint density at radius 3 is 2.85 bits per heavy atom. The van der Waals surface area contributed by atoms with Gasteiger partial charge in [-0.05, 0) is 19.4 Å². The average molecular weight is 283 g/mol. The summed E-state index contributed by atoms with van der Waals surface area (Å²) in [5, 5.41) is 6.23. The van der Waals surface area contributed by atoms with Crippen molar-refractivity contribution in [1.82, 2.24) is 15.5 Å². The molecule has 2 rings (SSSR count). The zero-order valence-electron chi connectivity index (χ0n) is 12.4. The van der Waals surface area contributed by atoms with E-state index in [0.717, 1.165) is 25.9 Å². The molecule has 0 aromatic rings. The van der Waals surface area contributed by atoms with Crippen LogP contribution in [0, 0.1) is 5.92 Å². The number of hydrogen-bond donors (Lipinski definition) is 2. The van der Waals surface area contributed by atoms with Crippen molar-refractivity contribution < 1.29 is 14.3 Å². The van der Waals surface area contributed by atoms with Crippen LogP contribution < -0.4 is 10.6 Å². The van der Waals surface area contributed by atoms with Crippen LogP contribution in [0.15, 0.2) is 0 Å². The summed E-state index contributed by atoms with van der Waals surface area (Å²) in [6, 6.07) is 0.207. The highest BCUT2D eigenvalue weighted by Crippen LogP contribution is 2.20. The van der Waals surface area contributed by atoms with E-state index in [-0.39, 0.29) is 29.8 Å². The number of likely N-dealkylation sites (tertiary alicyclic amines) is 1. The lowest BCUT2D eigenvalue weighted by Gasteiger charge is -2.35. The highest BCUT2D eigenvalue weighted by molar-refractivity contribution is 5.80. The maximum Gasteiger partial charge on any atom is 0.229 e. The van der Waals surface area contributed by atoms with Gasteiger partial charge in [0.15, 0.2) is 0 Å². The van der Waals surface area contributed by atoms with Crippen LogP contribution in [0.3, 0.4) is 0 Å². The van der Waals surface area contributed by atoms with E-state index in [2.05, 4.69) is 10.6 Å². The van der Waals surface area contributed by atoms with E-state index in [1.54, 1.807) is 0 Å². The molecule has 2 heterocycles. The van der Waals surface area contributed by atoms with Gasteiger partial charge >= 0.3 is 0 Å². The van der Waals surface area contributed by atoms with Crippen molar-refractivity contribution in [3.05, 3.63) is 0 Å². The lowest BCUT2D eigenvalue weighted by Crippen LogP contribution is -2.53. The largest absolute Gasteiger partial charge is 0.379 e. The number of hydrogen-bond acceptors (Lipinski definition) is 4. The number of amides is 2. The van der Waals surface area contributed by atoms with E-state index < -0.39 is 0 Å². The molecule has 6 heteroatoms. The van der Waals surface area contributed by atoms with Crippen LogP contribution in [0.2, 0.25) is 0 Å². The van der Waals surface area contributed by atoms with Gasteiger partial charge in [0.05, 0.1) is 19.1 Å². The van der Waals surface area contributed by atoms with E-state index in [0.29, 0.717) is 19.8 Å². The van der Waals surface area contributed by atoms with Gasteiger partial charge in [-0.3, -0.25) is 9.59 Å². The molecule has 0 bridgehead atoms. The third-order valence-electron chi connectivity index (χ3n) is 4.00. The van der Waals surface area contributed by atoms with Gasteiger partial charge in [0.1, 0.15) is 0 Å². The zero-order chi connectivity index (χ0) is 14.5. The number of rotatable bonds is 4. The topological polar surface area (TPSA) is 70.7 Å². The standard InChI is InChI=1S/C14H25N3O3/c1-3-15-13-9-20-8-12(13)14(19)17-6-4-5-11(7-17)16-10(2)18/h11-13,15H,3-9H2,1-2H3,(H,16,18). The molecule has 0 aromatic heterocycles. The van der Waals surface area contributed by atoms with E-state index in [4.69, 9.17) is 4.74 Å². The Bertz CT molecular complexity index is 362. The lowest BCUT2D eigenvalue weighted by molar-refractivity contribution is -0.138. The second-order valence-corrected chi connectivity index (χ2v) is 5.63. The fourth-order valence-corrected chi connectivity index (χ4v) is 3.08. The minimum absolute atomic E-state index is 0.0287. The number of nitrogens with one attached hydrogen (secondary N) is 2. The Morgan fingerprint density at radius 1 is 1.35 bits per heavy atom. The Balaban J connectivity index is 1.92. The summed E-state index contributed by atoms with van der Waals surface area (Å²) in [6.45, 7) is 6.90. The van der Waals surface area contributed by atoms with Crippen LogP contribution >= 0.6 is 0 Å². The highest BCUT2D eigenvalue weighted by atomic mass is 16.5. The maximum atomic E-state index is 12.6. The third kappa shape index (κ3) is 3.70. The fourth-order valence-electron chi connectivity index (χ4n) is 3.08. The summed E-state index contributed by atoms with van der Waals surface area (Å²) >= 11 is 0. The van der Waals surface area contributed by atoms with Gasteiger partial charge in [0, 0.05) is 32.1 Å². The molecule has 0 saturated carbocycles. The highest BCUT2D eigenvalue weighted by Gasteiger charge is 2.37. The molecule has 2 aliphatic rings. The Labute approximate surface area is 120 Å². The van der Waals surface area contributed by atoms with Gasteiger partial charge in [-0.2, -0.15) is 0 Å². The molecule has 6 nitrogen and oxygen atoms in total. The molecule has 0 radical (unpaired) electrons. The summed E-state index contributed by atoms with van der Waals surface area (Å²) in [4.78, 5) is 25.6. The number of carbonyl (C=O) groups is 2. The molecule has 3 atom stereocenters. The first-order valence-corrected chi connectivity index (χ1v) is 7.48. The molecule has 20 heavy (non-hydrogen) atoms. The van der Waals surface area contributed by atoms with Gasteiger partial charge in [-0.25, -0.2) is 0 Å². The molecule has 2 aliphatic heterocycles. The Kier molecular flexibility index (Phi) is 5.37. The number of carbonyl (C=O) groups excluding carboxylic acids is 2. The van der Waals surface area contributed by atoms with Crippen molar-refractivity contribution in [2.24, 2.45) is 5.92 Å². The predicted molar refractivity (Wildman–Crippen MR) is 75.2 cm³/mol. The van der Waals surface area contributed by atoms with Crippen molar-refractivity contribution in [3.63, 3.8) is 0 Å². The van der Waals surface area contributed by atoms with Crippen molar-refractivity contribution in [1.29, 1.82) is 0 Å². The van der Waals surface area contributed by atoms with Crippen LogP contribution in [0.1, 0.15) is 26.7 Å². The van der Waals surface area contributed by atoms with Gasteiger partial charge in [0.25, 0.3) is 0 Å². The number of likely N-dealkylation sites (N-methyl/N-ethyl adjacent to an activating group) is 1. The molecule has 2 N–H and O–H groups in total. The van der Waals surface area contributed by atoms with Gasteiger partial charge in [0.2, 0.25) is 11.8 Å². The molecule has 2 amide bonds. The molecule has 0 aliphatic carbocycles. The zero-order valence-corrected chi connectivity index (χ0v) is 12.4. The van der Waals surface area contributed by atoms with Crippen molar-refractivity contribution in [2.45, 2.75) is 38.8 Å². The summed E-state index contributed by atoms with van der Waals surface area (Å²) < 4.78 is 5.45. The summed E-state index contributed by atoms with van der Waals surface area (Å²) in [6.07, 6.45) is 1.89. The predicted octanol–water partition coefficient (Wildman–Crippen LogP) is -0.262. The van der Waals surface area contributed by atoms with Gasteiger partial charge in [-0.1, -0.05) is 6.92 Å². The van der Waals surface area contributed by atoms with Gasteiger partial charge in [-0.15, -0.1) is 0 Å². The quantitative estimate of drug-likeness (QED) is 0.746. The summed E-state index contributed by atoms with van der Waals surface area (Å²) in [5.74, 6) is 0.0357. The minimum Gasteiger partial charge on any atom is -0.379 e. The van der Waals surface area contributed by atoms with E-state index in [1.165, 1.54) is 6.92 Å². The molecular weight excluding hydrogens is 258 g/mol. The lowest BCUT2D eigenvalue weighted by atomic mass is 9.98. The van der Waals surface area contributed by atoms with Crippen LogP contribution in [0.5, 0.6) is 0 Å². The van der Waals surface area contributed by atoms with Gasteiger partial charge < -0.3 is 20.3 Å². The van der Waals surface area contributed by atoms with E-state index >= 15 is 0 Å². The number of ether oxygens (including phenoxy) is 1. The van der Waals surface area contributed by atoms with E-state index in [1.807, 2.05) is 11.8 Å². The summed E-state index contributed by atoms with van der Waals surface area (Å²) in [7, 11) is 0. The SMILES string of the molecule is CCNC1COCC1C(=O)N1CCCC(NC(C)=O)C1. The third-order valence-corrected chi connectivity index (χ3v) is 4.00. The van der Waals surface area contributed by atoms with Crippen LogP contribution in [0.4, 0.5) is 0 Å². The number of nitrogens with zero attached hydrogens (tertiary/aromatic N) is 1. The maximum absolute atomic E-state index is 12.6. The first-order valence-electron chi connectivity index (χ1n) is 7.48. The molecular formula is C14H25N3O3. The number of piperidine rings is 1. The Morgan fingerprint density at radius 2 is 2.15 bits per heavy atom. The van der Waals surface area contributed by atoms with Crippen LogP contribution in [0.25, 0.3) is 0 Å². The van der Waals surface area contributed by atoms with E-state index in [9.17, 15) is 9.59 Å². The smallest absolute Gasteiger partial charge is 0.229 e. The van der Waals surface area contributed by atoms with Crippen molar-refractivity contribution in [3.8, 4) is 0 Å². The van der Waals surface area contributed by atoms with Crippen molar-refractivity contribution >= 4 is 11.8 Å². The van der Waals surface area contributed by atoms with Crippen LogP contribution in [-0.2, 0) is 14.3 Å². The first kappa shape index (κ1) is 15.3. The Hall–Kier alpha value is -1.14. The molecule has 2 saturated heterocycles. The second kappa shape index (κ2) is 7.04.